The van der Waals surface area contributed by atoms with E-state index in [1.54, 1.807) is 0 Å². The molecular formula is C10H19NO4. The summed E-state index contributed by atoms with van der Waals surface area (Å²) in [6.45, 7) is 3.63. The number of esters is 1. The van der Waals surface area contributed by atoms with Crippen molar-refractivity contribution in [3.8, 4) is 0 Å². The molecule has 2 atom stereocenters. The lowest BCUT2D eigenvalue weighted by Crippen LogP contribution is -2.28. The van der Waals surface area contributed by atoms with Gasteiger partial charge in [0, 0.05) is 6.04 Å². The van der Waals surface area contributed by atoms with Crippen LogP contribution in [0.25, 0.3) is 0 Å². The lowest BCUT2D eigenvalue weighted by Gasteiger charge is -2.11. The highest BCUT2D eigenvalue weighted by atomic mass is 16.5. The zero-order valence-corrected chi connectivity index (χ0v) is 9.23. The molecule has 0 aromatic carbocycles. The van der Waals surface area contributed by atoms with Crippen LogP contribution in [0, 0.1) is 5.92 Å². The zero-order chi connectivity index (χ0) is 11.8. The van der Waals surface area contributed by atoms with Crippen LogP contribution in [0.4, 0.5) is 0 Å². The predicted octanol–water partition coefficient (Wildman–Crippen LogP) is 0.768. The van der Waals surface area contributed by atoms with Crippen molar-refractivity contribution in [2.75, 3.05) is 6.61 Å². The molecule has 0 amide bonds. The van der Waals surface area contributed by atoms with E-state index in [2.05, 4.69) is 0 Å². The summed E-state index contributed by atoms with van der Waals surface area (Å²) in [6.07, 6.45) is 1.63. The maximum Gasteiger partial charge on any atom is 0.306 e. The minimum atomic E-state index is -0.996. The van der Waals surface area contributed by atoms with Gasteiger partial charge >= 0.3 is 11.9 Å². The molecule has 0 saturated carbocycles. The number of carbonyl (C=O) groups is 2. The fourth-order valence-electron chi connectivity index (χ4n) is 1.05. The Hall–Kier alpha value is -1.10. The van der Waals surface area contributed by atoms with E-state index in [0.29, 0.717) is 0 Å². The number of carbonyl (C=O) groups excluding carboxylic acids is 1. The predicted molar refractivity (Wildman–Crippen MR) is 55.3 cm³/mol. The molecular weight excluding hydrogens is 198 g/mol. The summed E-state index contributed by atoms with van der Waals surface area (Å²) in [5.41, 5.74) is 5.63. The first-order valence-electron chi connectivity index (χ1n) is 5.11. The summed E-state index contributed by atoms with van der Waals surface area (Å²) < 4.78 is 4.85. The van der Waals surface area contributed by atoms with E-state index in [-0.39, 0.29) is 19.1 Å². The van der Waals surface area contributed by atoms with Crippen molar-refractivity contribution in [2.45, 2.75) is 39.2 Å². The molecule has 0 aliphatic heterocycles. The Balaban J connectivity index is 3.70. The highest BCUT2D eigenvalue weighted by molar-refractivity contribution is 5.78. The van der Waals surface area contributed by atoms with E-state index in [1.165, 1.54) is 6.92 Å². The van der Waals surface area contributed by atoms with Gasteiger partial charge in [-0.15, -0.1) is 0 Å². The molecule has 0 saturated heterocycles. The zero-order valence-electron chi connectivity index (χ0n) is 9.23. The van der Waals surface area contributed by atoms with Gasteiger partial charge in [-0.3, -0.25) is 9.59 Å². The van der Waals surface area contributed by atoms with Gasteiger partial charge in [-0.2, -0.15) is 0 Å². The number of aliphatic carboxylic acids is 1. The number of carboxylic acids is 1. The monoisotopic (exact) mass is 217 g/mol. The van der Waals surface area contributed by atoms with Crippen LogP contribution in [0.1, 0.15) is 33.1 Å². The Kier molecular flexibility index (Phi) is 6.70. The summed E-state index contributed by atoms with van der Waals surface area (Å²) in [5, 5.41) is 8.56. The molecule has 0 radical (unpaired) electrons. The molecule has 3 N–H and O–H groups in total. The quantitative estimate of drug-likeness (QED) is 0.615. The smallest absolute Gasteiger partial charge is 0.306 e. The second kappa shape index (κ2) is 7.23. The first kappa shape index (κ1) is 13.9. The third-order valence-corrected chi connectivity index (χ3v) is 2.01. The molecule has 0 aliphatic rings. The van der Waals surface area contributed by atoms with Crippen LogP contribution in [0.15, 0.2) is 0 Å². The molecule has 0 bridgehead atoms. The van der Waals surface area contributed by atoms with Gasteiger partial charge in [-0.25, -0.2) is 0 Å². The molecule has 0 heterocycles. The third kappa shape index (κ3) is 6.90. The van der Waals surface area contributed by atoms with E-state index in [4.69, 9.17) is 15.6 Å². The maximum atomic E-state index is 11.1. The van der Waals surface area contributed by atoms with Gasteiger partial charge in [0.1, 0.15) is 6.61 Å². The molecule has 0 aromatic rings. The van der Waals surface area contributed by atoms with Crippen molar-refractivity contribution >= 4 is 11.9 Å². The van der Waals surface area contributed by atoms with Gasteiger partial charge in [0.25, 0.3) is 0 Å². The Labute approximate surface area is 89.6 Å². The number of hydrogen-bond donors (Lipinski definition) is 2. The van der Waals surface area contributed by atoms with Crippen LogP contribution in [0.2, 0.25) is 0 Å². The van der Waals surface area contributed by atoms with Crippen LogP contribution < -0.4 is 5.73 Å². The van der Waals surface area contributed by atoms with Gasteiger partial charge in [-0.05, 0) is 6.42 Å². The van der Waals surface area contributed by atoms with Crippen molar-refractivity contribution in [3.05, 3.63) is 0 Å². The van der Waals surface area contributed by atoms with Gasteiger partial charge in [-0.1, -0.05) is 20.3 Å². The number of hydrogen-bond acceptors (Lipinski definition) is 4. The topological polar surface area (TPSA) is 89.6 Å². The van der Waals surface area contributed by atoms with Gasteiger partial charge < -0.3 is 15.6 Å². The number of nitrogens with two attached hydrogens (primary N) is 1. The van der Waals surface area contributed by atoms with Crippen LogP contribution in [0.3, 0.4) is 0 Å². The van der Waals surface area contributed by atoms with Crippen LogP contribution >= 0.6 is 0 Å². The Morgan fingerprint density at radius 3 is 2.53 bits per heavy atom. The fraction of sp³-hybridized carbons (Fsp3) is 0.800. The summed E-state index contributed by atoms with van der Waals surface area (Å²) in [4.78, 5) is 21.6. The lowest BCUT2D eigenvalue weighted by atomic mass is 10.1. The van der Waals surface area contributed by atoms with Crippen molar-refractivity contribution in [1.29, 1.82) is 0 Å². The fourth-order valence-corrected chi connectivity index (χ4v) is 1.05. The van der Waals surface area contributed by atoms with Gasteiger partial charge in [0.15, 0.2) is 0 Å². The maximum absolute atomic E-state index is 11.1. The highest BCUT2D eigenvalue weighted by Crippen LogP contribution is 2.04. The minimum absolute atomic E-state index is 0.103. The first-order chi connectivity index (χ1) is 6.97. The average Bonchev–Trinajstić information content (AvgIpc) is 2.15. The number of ether oxygens (including phenoxy) is 1. The van der Waals surface area contributed by atoms with Gasteiger partial charge in [0.2, 0.25) is 0 Å². The number of carboxylic acid groups (broad SMARTS) is 1. The molecule has 0 fully saturated rings. The molecule has 2 unspecified atom stereocenters. The Morgan fingerprint density at radius 2 is 2.07 bits per heavy atom. The Morgan fingerprint density at radius 1 is 1.47 bits per heavy atom. The van der Waals surface area contributed by atoms with E-state index < -0.39 is 17.9 Å². The first-order valence-corrected chi connectivity index (χ1v) is 5.11. The molecule has 5 heteroatoms. The van der Waals surface area contributed by atoms with E-state index >= 15 is 0 Å². The van der Waals surface area contributed by atoms with Crippen LogP contribution in [-0.2, 0) is 14.3 Å². The summed E-state index contributed by atoms with van der Waals surface area (Å²) in [7, 11) is 0. The summed E-state index contributed by atoms with van der Waals surface area (Å²) in [5.74, 6) is -2.21. The van der Waals surface area contributed by atoms with Crippen LogP contribution in [0.5, 0.6) is 0 Å². The standard InChI is InChI=1S/C10H19NO4/c1-3-4-8(11)6-15-9(12)5-7(2)10(13)14/h7-8H,3-6,11H2,1-2H3,(H,13,14). The Bertz CT molecular complexity index is 217. The SMILES string of the molecule is CCCC(N)COC(=O)CC(C)C(=O)O. The second-order valence-electron chi connectivity index (χ2n) is 3.68. The summed E-state index contributed by atoms with van der Waals surface area (Å²) >= 11 is 0. The van der Waals surface area contributed by atoms with E-state index in [9.17, 15) is 9.59 Å². The van der Waals surface area contributed by atoms with Crippen molar-refractivity contribution < 1.29 is 19.4 Å². The van der Waals surface area contributed by atoms with Crippen molar-refractivity contribution in [3.63, 3.8) is 0 Å². The normalized spacial score (nSPS) is 14.3. The molecule has 5 nitrogen and oxygen atoms in total. The van der Waals surface area contributed by atoms with E-state index in [0.717, 1.165) is 12.8 Å². The van der Waals surface area contributed by atoms with E-state index in [1.807, 2.05) is 6.92 Å². The molecule has 15 heavy (non-hydrogen) atoms. The second-order valence-corrected chi connectivity index (χ2v) is 3.68. The molecule has 0 aromatic heterocycles. The van der Waals surface area contributed by atoms with Crippen LogP contribution in [-0.4, -0.2) is 29.7 Å². The molecule has 0 spiro atoms. The minimum Gasteiger partial charge on any atom is -0.481 e. The average molecular weight is 217 g/mol. The molecule has 0 rings (SSSR count). The third-order valence-electron chi connectivity index (χ3n) is 2.01. The van der Waals surface area contributed by atoms with Crippen molar-refractivity contribution in [1.82, 2.24) is 0 Å². The lowest BCUT2D eigenvalue weighted by molar-refractivity contribution is -0.151. The summed E-state index contributed by atoms with van der Waals surface area (Å²) in [6, 6.07) is -0.154. The molecule has 0 aliphatic carbocycles. The molecule has 88 valence electrons. The number of rotatable bonds is 7. The van der Waals surface area contributed by atoms with Gasteiger partial charge in [0.05, 0.1) is 12.3 Å². The van der Waals surface area contributed by atoms with Crippen molar-refractivity contribution in [2.24, 2.45) is 11.7 Å². The highest BCUT2D eigenvalue weighted by Gasteiger charge is 2.17. The largest absolute Gasteiger partial charge is 0.481 e.